The quantitative estimate of drug-likeness (QED) is 0.242. The number of hydrogen-bond acceptors (Lipinski definition) is 6. The number of nitro benzene ring substituents is 1. The zero-order chi connectivity index (χ0) is 22.1. The molecule has 0 unspecified atom stereocenters. The molecule has 0 spiro atoms. The molecule has 156 valence electrons. The molecular weight excluding hydrogens is 506 g/mol. The minimum absolute atomic E-state index is 0.0229. The molecule has 1 aliphatic heterocycles. The van der Waals surface area contributed by atoms with Gasteiger partial charge in [0.15, 0.2) is 5.17 Å². The number of nitrogens with zero attached hydrogens (tertiary/aromatic N) is 2. The fourth-order valence-electron chi connectivity index (χ4n) is 2.83. The van der Waals surface area contributed by atoms with E-state index in [2.05, 4.69) is 26.2 Å². The van der Waals surface area contributed by atoms with Crippen molar-refractivity contribution in [3.05, 3.63) is 84.4 Å². The van der Waals surface area contributed by atoms with Crippen molar-refractivity contribution in [3.8, 4) is 11.3 Å². The Bertz CT molecular complexity index is 1290. The highest BCUT2D eigenvalue weighted by molar-refractivity contribution is 9.10. The molecule has 31 heavy (non-hydrogen) atoms. The van der Waals surface area contributed by atoms with Crippen LogP contribution < -0.4 is 5.32 Å². The maximum absolute atomic E-state index is 12.3. The van der Waals surface area contributed by atoms with E-state index >= 15 is 0 Å². The van der Waals surface area contributed by atoms with Gasteiger partial charge in [0, 0.05) is 33.3 Å². The lowest BCUT2D eigenvalue weighted by Gasteiger charge is -2.02. The van der Waals surface area contributed by atoms with E-state index in [0.717, 1.165) is 5.56 Å². The standard InChI is InChI=1S/C21H13BrClN3O4S/c1-11-16(23)3-2-4-17(11)24-21-25-20(27)19(31-21)10-13-6-8-18(30-13)14-7-5-12(26(28)29)9-15(14)22/h2-10H,1H3,(H,24,25,27)/b19-10-. The highest BCUT2D eigenvalue weighted by Crippen LogP contribution is 2.35. The number of nitrogens with one attached hydrogen (secondary N) is 1. The van der Waals surface area contributed by atoms with E-state index in [9.17, 15) is 14.9 Å². The van der Waals surface area contributed by atoms with Crippen molar-refractivity contribution in [1.82, 2.24) is 5.32 Å². The largest absolute Gasteiger partial charge is 0.457 e. The molecule has 0 saturated carbocycles. The minimum Gasteiger partial charge on any atom is -0.457 e. The Morgan fingerprint density at radius 2 is 2.06 bits per heavy atom. The highest BCUT2D eigenvalue weighted by Gasteiger charge is 2.25. The van der Waals surface area contributed by atoms with Crippen LogP contribution in [0, 0.1) is 17.0 Å². The molecule has 2 heterocycles. The number of benzene rings is 2. The summed E-state index contributed by atoms with van der Waals surface area (Å²) in [5.41, 5.74) is 2.15. The van der Waals surface area contributed by atoms with Gasteiger partial charge in [-0.25, -0.2) is 4.99 Å². The molecule has 1 saturated heterocycles. The Labute approximate surface area is 194 Å². The fourth-order valence-corrected chi connectivity index (χ4v) is 4.38. The fraction of sp³-hybridized carbons (Fsp3) is 0.0476. The van der Waals surface area contributed by atoms with Crippen molar-refractivity contribution in [2.75, 3.05) is 0 Å². The Hall–Kier alpha value is -2.88. The van der Waals surface area contributed by atoms with Crippen LogP contribution in [0.25, 0.3) is 17.4 Å². The van der Waals surface area contributed by atoms with Crippen molar-refractivity contribution in [1.29, 1.82) is 0 Å². The van der Waals surface area contributed by atoms with Crippen molar-refractivity contribution in [2.24, 2.45) is 4.99 Å². The molecule has 4 rings (SSSR count). The van der Waals surface area contributed by atoms with E-state index in [-0.39, 0.29) is 11.6 Å². The molecule has 0 atom stereocenters. The summed E-state index contributed by atoms with van der Waals surface area (Å²) in [5.74, 6) is 0.705. The van der Waals surface area contributed by atoms with Crippen molar-refractivity contribution < 1.29 is 14.1 Å². The second kappa shape index (κ2) is 8.70. The number of nitro groups is 1. The maximum atomic E-state index is 12.3. The van der Waals surface area contributed by atoms with Gasteiger partial charge in [0.1, 0.15) is 11.5 Å². The van der Waals surface area contributed by atoms with Crippen LogP contribution in [0.4, 0.5) is 11.4 Å². The molecule has 0 bridgehead atoms. The summed E-state index contributed by atoms with van der Waals surface area (Å²) in [6.07, 6.45) is 1.62. The third kappa shape index (κ3) is 4.58. The first-order valence-electron chi connectivity index (χ1n) is 8.90. The Kier molecular flexibility index (Phi) is 5.99. The monoisotopic (exact) mass is 517 g/mol. The van der Waals surface area contributed by atoms with Crippen molar-refractivity contribution in [3.63, 3.8) is 0 Å². The lowest BCUT2D eigenvalue weighted by Crippen LogP contribution is -2.19. The number of rotatable bonds is 4. The number of hydrogen-bond donors (Lipinski definition) is 1. The number of aliphatic imine (C=N–C) groups is 1. The third-order valence-corrected chi connectivity index (χ3v) is 6.42. The summed E-state index contributed by atoms with van der Waals surface area (Å²) in [5, 5.41) is 14.7. The van der Waals surface area contributed by atoms with E-state index < -0.39 is 4.92 Å². The van der Waals surface area contributed by atoms with Crippen molar-refractivity contribution >= 4 is 67.8 Å². The van der Waals surface area contributed by atoms with Gasteiger partial charge in [-0.1, -0.05) is 17.7 Å². The predicted octanol–water partition coefficient (Wildman–Crippen LogP) is 6.47. The van der Waals surface area contributed by atoms with E-state index in [1.807, 2.05) is 13.0 Å². The molecule has 1 aromatic heterocycles. The molecule has 1 aliphatic rings. The first-order chi connectivity index (χ1) is 14.8. The summed E-state index contributed by atoms with van der Waals surface area (Å²) in [7, 11) is 0. The molecule has 3 aromatic rings. The van der Waals surface area contributed by atoms with Gasteiger partial charge in [-0.15, -0.1) is 0 Å². The number of amidine groups is 1. The zero-order valence-corrected chi connectivity index (χ0v) is 19.0. The number of halogens is 2. The lowest BCUT2D eigenvalue weighted by atomic mass is 10.1. The van der Waals surface area contributed by atoms with Gasteiger partial charge in [-0.3, -0.25) is 14.9 Å². The highest BCUT2D eigenvalue weighted by atomic mass is 79.9. The molecule has 1 amide bonds. The SMILES string of the molecule is Cc1c(Cl)cccc1N=C1NC(=O)/C(=C/c2ccc(-c3ccc([N+](=O)[O-])cc3Br)o2)S1. The molecule has 10 heteroatoms. The minimum atomic E-state index is -0.466. The van der Waals surface area contributed by atoms with Crippen LogP contribution in [0.3, 0.4) is 0 Å². The summed E-state index contributed by atoms with van der Waals surface area (Å²) in [4.78, 5) is 27.7. The number of carbonyl (C=O) groups excluding carboxylic acids is 1. The Morgan fingerprint density at radius 3 is 2.81 bits per heavy atom. The van der Waals surface area contributed by atoms with Crippen LogP contribution in [0.2, 0.25) is 5.02 Å². The summed E-state index contributed by atoms with van der Waals surface area (Å²) in [6, 6.07) is 13.3. The third-order valence-electron chi connectivity index (χ3n) is 4.44. The second-order valence-corrected chi connectivity index (χ2v) is 8.78. The summed E-state index contributed by atoms with van der Waals surface area (Å²) >= 11 is 10.7. The number of amides is 1. The molecule has 0 radical (unpaired) electrons. The van der Waals surface area contributed by atoms with Gasteiger partial charge in [0.25, 0.3) is 11.6 Å². The van der Waals surface area contributed by atoms with Crippen LogP contribution in [0.5, 0.6) is 0 Å². The molecule has 1 fully saturated rings. The van der Waals surface area contributed by atoms with Gasteiger partial charge in [0.05, 0.1) is 15.5 Å². The molecule has 7 nitrogen and oxygen atoms in total. The first-order valence-corrected chi connectivity index (χ1v) is 10.9. The van der Waals surface area contributed by atoms with Crippen LogP contribution in [0.1, 0.15) is 11.3 Å². The lowest BCUT2D eigenvalue weighted by molar-refractivity contribution is -0.384. The molecule has 2 aromatic carbocycles. The van der Waals surface area contributed by atoms with Gasteiger partial charge >= 0.3 is 0 Å². The first kappa shape index (κ1) is 21.4. The normalized spacial score (nSPS) is 16.2. The number of furan rings is 1. The van der Waals surface area contributed by atoms with Crippen LogP contribution in [-0.4, -0.2) is 16.0 Å². The van der Waals surface area contributed by atoms with E-state index in [1.165, 1.54) is 23.9 Å². The molecule has 1 N–H and O–H groups in total. The van der Waals surface area contributed by atoms with Crippen LogP contribution in [0.15, 0.2) is 67.3 Å². The molecule has 0 aliphatic carbocycles. The van der Waals surface area contributed by atoms with E-state index in [0.29, 0.717) is 42.3 Å². The zero-order valence-electron chi connectivity index (χ0n) is 15.9. The average molecular weight is 519 g/mol. The topological polar surface area (TPSA) is 97.7 Å². The van der Waals surface area contributed by atoms with Crippen molar-refractivity contribution in [2.45, 2.75) is 6.92 Å². The predicted molar refractivity (Wildman–Crippen MR) is 125 cm³/mol. The number of thioether (sulfide) groups is 1. The maximum Gasteiger partial charge on any atom is 0.270 e. The second-order valence-electron chi connectivity index (χ2n) is 6.49. The summed E-state index contributed by atoms with van der Waals surface area (Å²) in [6.45, 7) is 1.86. The van der Waals surface area contributed by atoms with E-state index in [1.54, 1.807) is 36.4 Å². The average Bonchev–Trinajstić information content (AvgIpc) is 3.32. The Balaban J connectivity index is 1.57. The van der Waals surface area contributed by atoms with Crippen LogP contribution >= 0.6 is 39.3 Å². The van der Waals surface area contributed by atoms with Gasteiger partial charge < -0.3 is 9.73 Å². The van der Waals surface area contributed by atoms with Crippen LogP contribution in [-0.2, 0) is 4.79 Å². The van der Waals surface area contributed by atoms with Gasteiger partial charge in [0.2, 0.25) is 0 Å². The smallest absolute Gasteiger partial charge is 0.270 e. The number of carbonyl (C=O) groups is 1. The van der Waals surface area contributed by atoms with Gasteiger partial charge in [-0.2, -0.15) is 0 Å². The number of non-ortho nitro benzene ring substituents is 1. The summed E-state index contributed by atoms with van der Waals surface area (Å²) < 4.78 is 6.36. The molecular formula is C21H13BrClN3O4S. The van der Waals surface area contributed by atoms with Gasteiger partial charge in [-0.05, 0) is 70.5 Å². The van der Waals surface area contributed by atoms with E-state index in [4.69, 9.17) is 16.0 Å². The Morgan fingerprint density at radius 1 is 1.26 bits per heavy atom.